The summed E-state index contributed by atoms with van der Waals surface area (Å²) in [6.45, 7) is 6.32. The number of anilines is 1. The predicted octanol–water partition coefficient (Wildman–Crippen LogP) is 3.36. The lowest BCUT2D eigenvalue weighted by atomic mass is 9.99. The van der Waals surface area contributed by atoms with Gasteiger partial charge in [0.1, 0.15) is 10.3 Å². The molecule has 0 saturated heterocycles. The van der Waals surface area contributed by atoms with Gasteiger partial charge >= 0.3 is 0 Å². The van der Waals surface area contributed by atoms with Gasteiger partial charge in [-0.1, -0.05) is 6.07 Å². The van der Waals surface area contributed by atoms with Crippen molar-refractivity contribution in [1.29, 1.82) is 0 Å². The van der Waals surface area contributed by atoms with Crippen molar-refractivity contribution in [3.63, 3.8) is 0 Å². The summed E-state index contributed by atoms with van der Waals surface area (Å²) in [6.07, 6.45) is 0. The maximum absolute atomic E-state index is 5.82. The number of nitrogens with two attached hydrogens (primary N) is 1. The van der Waals surface area contributed by atoms with E-state index in [4.69, 9.17) is 5.73 Å². The number of halogens is 1. The molecule has 0 spiro atoms. The Hall–Kier alpha value is -1.29. The summed E-state index contributed by atoms with van der Waals surface area (Å²) in [7, 11) is 1.90. The summed E-state index contributed by atoms with van der Waals surface area (Å²) in [5, 5.41) is 0. The summed E-state index contributed by atoms with van der Waals surface area (Å²) in [5.41, 5.74) is 11.6. The van der Waals surface area contributed by atoms with E-state index < -0.39 is 0 Å². The fourth-order valence-electron chi connectivity index (χ4n) is 1.88. The van der Waals surface area contributed by atoms with Crippen LogP contribution >= 0.6 is 15.9 Å². The van der Waals surface area contributed by atoms with Gasteiger partial charge in [0, 0.05) is 12.6 Å². The molecule has 2 aromatic rings. The van der Waals surface area contributed by atoms with E-state index in [0.717, 1.165) is 15.9 Å². The first-order valence-electron chi connectivity index (χ1n) is 5.47. The van der Waals surface area contributed by atoms with Crippen LogP contribution in [0.1, 0.15) is 16.7 Å². The topological polar surface area (TPSA) is 43.8 Å². The van der Waals surface area contributed by atoms with Gasteiger partial charge in [-0.25, -0.2) is 4.98 Å². The second-order valence-corrected chi connectivity index (χ2v) is 5.17. The number of hydrogen-bond donors (Lipinski definition) is 1. The Morgan fingerprint density at radius 3 is 2.24 bits per heavy atom. The Morgan fingerprint density at radius 1 is 1.12 bits per heavy atom. The third-order valence-electron chi connectivity index (χ3n) is 3.16. The molecule has 1 aromatic carbocycles. The number of benzene rings is 1. The van der Waals surface area contributed by atoms with Gasteiger partial charge in [-0.05, 0) is 59.5 Å². The largest absolute Gasteiger partial charge is 0.369 e. The molecule has 4 heteroatoms. The summed E-state index contributed by atoms with van der Waals surface area (Å²) >= 11 is 3.54. The van der Waals surface area contributed by atoms with Crippen molar-refractivity contribution in [2.75, 3.05) is 5.73 Å². The van der Waals surface area contributed by atoms with Crippen molar-refractivity contribution in [2.45, 2.75) is 20.8 Å². The van der Waals surface area contributed by atoms with Gasteiger partial charge in [-0.3, -0.25) is 0 Å². The molecule has 0 saturated carbocycles. The first-order valence-corrected chi connectivity index (χ1v) is 6.27. The van der Waals surface area contributed by atoms with Crippen LogP contribution in [0.5, 0.6) is 0 Å². The number of aromatic nitrogens is 2. The van der Waals surface area contributed by atoms with Crippen LogP contribution in [0.3, 0.4) is 0 Å². The van der Waals surface area contributed by atoms with Crippen molar-refractivity contribution < 1.29 is 0 Å². The molecule has 0 unspecified atom stereocenters. The highest BCUT2D eigenvalue weighted by atomic mass is 79.9. The maximum Gasteiger partial charge on any atom is 0.201 e. The first-order chi connectivity index (χ1) is 7.91. The molecule has 0 fully saturated rings. The standard InChI is InChI=1S/C13H16BrN3/c1-7-5-9(3)10(6-8(7)2)11-12(14)17(4)13(15)16-11/h5-6H,1-4H3,(H2,15,16). The highest BCUT2D eigenvalue weighted by molar-refractivity contribution is 9.10. The lowest BCUT2D eigenvalue weighted by molar-refractivity contribution is 0.907. The van der Waals surface area contributed by atoms with E-state index >= 15 is 0 Å². The molecule has 2 rings (SSSR count). The van der Waals surface area contributed by atoms with E-state index in [1.54, 1.807) is 0 Å². The lowest BCUT2D eigenvalue weighted by Crippen LogP contribution is -1.96. The average Bonchev–Trinajstić information content (AvgIpc) is 2.51. The zero-order valence-corrected chi connectivity index (χ0v) is 12.1. The molecular formula is C13H16BrN3. The van der Waals surface area contributed by atoms with E-state index in [0.29, 0.717) is 5.95 Å². The quantitative estimate of drug-likeness (QED) is 0.876. The maximum atomic E-state index is 5.82. The number of nitrogens with zero attached hydrogens (tertiary/aromatic N) is 2. The number of nitrogen functional groups attached to an aromatic ring is 1. The van der Waals surface area contributed by atoms with Crippen LogP contribution in [0.15, 0.2) is 16.7 Å². The first kappa shape index (κ1) is 12.2. The smallest absolute Gasteiger partial charge is 0.201 e. The predicted molar refractivity (Wildman–Crippen MR) is 75.0 cm³/mol. The molecular weight excluding hydrogens is 278 g/mol. The van der Waals surface area contributed by atoms with Gasteiger partial charge in [0.15, 0.2) is 0 Å². The molecule has 0 aliphatic rings. The Kier molecular flexibility index (Phi) is 3.00. The van der Waals surface area contributed by atoms with E-state index in [2.05, 4.69) is 53.8 Å². The van der Waals surface area contributed by atoms with E-state index in [1.165, 1.54) is 16.7 Å². The molecule has 2 N–H and O–H groups in total. The van der Waals surface area contributed by atoms with E-state index in [1.807, 2.05) is 11.6 Å². The molecule has 0 radical (unpaired) electrons. The number of rotatable bonds is 1. The minimum Gasteiger partial charge on any atom is -0.369 e. The van der Waals surface area contributed by atoms with Gasteiger partial charge in [0.2, 0.25) is 5.95 Å². The lowest BCUT2D eigenvalue weighted by Gasteiger charge is -2.08. The Balaban J connectivity index is 2.68. The van der Waals surface area contributed by atoms with Crippen molar-refractivity contribution in [3.05, 3.63) is 33.4 Å². The molecule has 17 heavy (non-hydrogen) atoms. The normalized spacial score (nSPS) is 10.9. The minimum absolute atomic E-state index is 0.518. The molecule has 3 nitrogen and oxygen atoms in total. The molecule has 1 heterocycles. The monoisotopic (exact) mass is 293 g/mol. The Labute approximate surface area is 110 Å². The van der Waals surface area contributed by atoms with Crippen LogP contribution in [-0.2, 0) is 7.05 Å². The van der Waals surface area contributed by atoms with Gasteiger partial charge in [-0.15, -0.1) is 0 Å². The third kappa shape index (κ3) is 1.97. The van der Waals surface area contributed by atoms with Crippen LogP contribution in [-0.4, -0.2) is 9.55 Å². The second-order valence-electron chi connectivity index (χ2n) is 4.42. The van der Waals surface area contributed by atoms with Crippen molar-refractivity contribution in [1.82, 2.24) is 9.55 Å². The minimum atomic E-state index is 0.518. The fraction of sp³-hybridized carbons (Fsp3) is 0.308. The summed E-state index contributed by atoms with van der Waals surface area (Å²) in [4.78, 5) is 4.41. The highest BCUT2D eigenvalue weighted by Gasteiger charge is 2.14. The zero-order chi connectivity index (χ0) is 12.7. The fourth-order valence-corrected chi connectivity index (χ4v) is 2.37. The summed E-state index contributed by atoms with van der Waals surface area (Å²) < 4.78 is 2.76. The third-order valence-corrected chi connectivity index (χ3v) is 4.06. The number of imidazole rings is 1. The van der Waals surface area contributed by atoms with Gasteiger partial charge in [0.25, 0.3) is 0 Å². The molecule has 0 amide bonds. The summed E-state index contributed by atoms with van der Waals surface area (Å²) in [6, 6.07) is 4.35. The number of hydrogen-bond acceptors (Lipinski definition) is 2. The van der Waals surface area contributed by atoms with Crippen molar-refractivity contribution in [3.8, 4) is 11.3 Å². The van der Waals surface area contributed by atoms with Crippen LogP contribution < -0.4 is 5.73 Å². The van der Waals surface area contributed by atoms with Crippen LogP contribution in [0.4, 0.5) is 5.95 Å². The number of aryl methyl sites for hydroxylation is 3. The van der Waals surface area contributed by atoms with Crippen LogP contribution in [0.2, 0.25) is 0 Å². The second kappa shape index (κ2) is 4.18. The average molecular weight is 294 g/mol. The van der Waals surface area contributed by atoms with Gasteiger partial charge in [0.05, 0.1) is 0 Å². The Bertz CT molecular complexity index is 585. The molecule has 0 aliphatic heterocycles. The molecule has 90 valence electrons. The Morgan fingerprint density at radius 2 is 1.71 bits per heavy atom. The molecule has 1 aromatic heterocycles. The SMILES string of the molecule is Cc1cc(C)c(-c2nc(N)n(C)c2Br)cc1C. The summed E-state index contributed by atoms with van der Waals surface area (Å²) in [5.74, 6) is 0.518. The van der Waals surface area contributed by atoms with E-state index in [-0.39, 0.29) is 0 Å². The van der Waals surface area contributed by atoms with E-state index in [9.17, 15) is 0 Å². The van der Waals surface area contributed by atoms with Crippen molar-refractivity contribution in [2.24, 2.45) is 7.05 Å². The molecule has 0 aliphatic carbocycles. The van der Waals surface area contributed by atoms with Gasteiger partial charge in [-0.2, -0.15) is 0 Å². The van der Waals surface area contributed by atoms with Crippen molar-refractivity contribution >= 4 is 21.9 Å². The van der Waals surface area contributed by atoms with Gasteiger partial charge < -0.3 is 10.3 Å². The molecule has 0 atom stereocenters. The van der Waals surface area contributed by atoms with Crippen LogP contribution in [0.25, 0.3) is 11.3 Å². The van der Waals surface area contributed by atoms with Crippen LogP contribution in [0, 0.1) is 20.8 Å². The molecule has 0 bridgehead atoms. The zero-order valence-electron chi connectivity index (χ0n) is 10.5. The highest BCUT2D eigenvalue weighted by Crippen LogP contribution is 2.32.